The van der Waals surface area contributed by atoms with Gasteiger partial charge in [-0.3, -0.25) is 5.41 Å². The maximum absolute atomic E-state index is 7.27. The second-order valence-corrected chi connectivity index (χ2v) is 3.16. The second-order valence-electron chi connectivity index (χ2n) is 3.16. The van der Waals surface area contributed by atoms with Crippen LogP contribution in [0.15, 0.2) is 0 Å². The van der Waals surface area contributed by atoms with E-state index in [4.69, 9.17) is 11.1 Å². The number of nitrogens with two attached hydrogens (primary N) is 1. The molecule has 1 aliphatic rings. The molecular weight excluding hydrogens is 138 g/mol. The van der Waals surface area contributed by atoms with Gasteiger partial charge >= 0.3 is 0 Å². The van der Waals surface area contributed by atoms with Crippen molar-refractivity contribution >= 4 is 5.84 Å². The van der Waals surface area contributed by atoms with Crippen molar-refractivity contribution in [2.24, 2.45) is 11.7 Å². The molecule has 0 radical (unpaired) electrons. The number of piperidine rings is 1. The van der Waals surface area contributed by atoms with Crippen molar-refractivity contribution in [3.05, 3.63) is 0 Å². The van der Waals surface area contributed by atoms with Crippen molar-refractivity contribution in [1.29, 1.82) is 5.41 Å². The quantitative estimate of drug-likeness (QED) is 0.454. The summed E-state index contributed by atoms with van der Waals surface area (Å²) in [6, 6.07) is 0. The van der Waals surface area contributed by atoms with Crippen LogP contribution < -0.4 is 5.73 Å². The molecule has 1 rings (SSSR count). The summed E-state index contributed by atoms with van der Waals surface area (Å²) in [5, 5.41) is 7.27. The standard InChI is InChI=1S/C8H17N3/c1-2-11-5-3-7(4-6-11)8(9)10/h7H,2-6H2,1H3,(H3,9,10). The third-order valence-electron chi connectivity index (χ3n) is 2.47. The van der Waals surface area contributed by atoms with Crippen molar-refractivity contribution in [2.45, 2.75) is 19.8 Å². The molecule has 0 spiro atoms. The van der Waals surface area contributed by atoms with Crippen LogP contribution in [0.1, 0.15) is 19.8 Å². The lowest BCUT2D eigenvalue weighted by atomic mass is 9.96. The molecule has 1 saturated heterocycles. The first-order chi connectivity index (χ1) is 5.24. The molecule has 1 heterocycles. The van der Waals surface area contributed by atoms with Gasteiger partial charge in [-0.2, -0.15) is 0 Å². The maximum atomic E-state index is 7.27. The van der Waals surface area contributed by atoms with E-state index in [1.54, 1.807) is 0 Å². The molecule has 11 heavy (non-hydrogen) atoms. The lowest BCUT2D eigenvalue weighted by molar-refractivity contribution is 0.218. The largest absolute Gasteiger partial charge is 0.387 e. The minimum atomic E-state index is 0.359. The Morgan fingerprint density at radius 3 is 2.45 bits per heavy atom. The molecule has 0 aromatic carbocycles. The minimum Gasteiger partial charge on any atom is -0.387 e. The number of hydrogen-bond donors (Lipinski definition) is 2. The zero-order valence-electron chi connectivity index (χ0n) is 7.14. The fourth-order valence-corrected chi connectivity index (χ4v) is 1.56. The van der Waals surface area contributed by atoms with E-state index < -0.39 is 0 Å². The lowest BCUT2D eigenvalue weighted by Crippen LogP contribution is -2.38. The molecule has 3 nitrogen and oxygen atoms in total. The Balaban J connectivity index is 2.30. The van der Waals surface area contributed by atoms with Crippen molar-refractivity contribution in [3.63, 3.8) is 0 Å². The molecule has 1 aliphatic heterocycles. The lowest BCUT2D eigenvalue weighted by Gasteiger charge is -2.30. The molecule has 0 aromatic heterocycles. The van der Waals surface area contributed by atoms with Gasteiger partial charge in [-0.1, -0.05) is 6.92 Å². The number of hydrogen-bond acceptors (Lipinski definition) is 2. The summed E-state index contributed by atoms with van der Waals surface area (Å²) in [6.07, 6.45) is 2.15. The Kier molecular flexibility index (Phi) is 2.88. The summed E-state index contributed by atoms with van der Waals surface area (Å²) in [7, 11) is 0. The highest BCUT2D eigenvalue weighted by molar-refractivity contribution is 5.79. The third kappa shape index (κ3) is 2.19. The van der Waals surface area contributed by atoms with E-state index in [-0.39, 0.29) is 0 Å². The second kappa shape index (κ2) is 3.72. The number of rotatable bonds is 2. The van der Waals surface area contributed by atoms with Gasteiger partial charge in [0.1, 0.15) is 0 Å². The average molecular weight is 155 g/mol. The Morgan fingerprint density at radius 1 is 1.55 bits per heavy atom. The fraction of sp³-hybridized carbons (Fsp3) is 0.875. The van der Waals surface area contributed by atoms with Crippen LogP contribution in [0.25, 0.3) is 0 Å². The van der Waals surface area contributed by atoms with Crippen LogP contribution in [0.5, 0.6) is 0 Å². The maximum Gasteiger partial charge on any atom is 0.0937 e. The van der Waals surface area contributed by atoms with Crippen LogP contribution >= 0.6 is 0 Å². The van der Waals surface area contributed by atoms with Gasteiger partial charge < -0.3 is 10.6 Å². The van der Waals surface area contributed by atoms with Crippen molar-refractivity contribution in [1.82, 2.24) is 4.90 Å². The van der Waals surface area contributed by atoms with Gasteiger partial charge in [-0.05, 0) is 32.5 Å². The van der Waals surface area contributed by atoms with E-state index in [1.807, 2.05) is 0 Å². The van der Waals surface area contributed by atoms with Crippen LogP contribution in [0.2, 0.25) is 0 Å². The van der Waals surface area contributed by atoms with Gasteiger partial charge in [-0.15, -0.1) is 0 Å². The van der Waals surface area contributed by atoms with E-state index in [2.05, 4.69) is 11.8 Å². The molecule has 1 fully saturated rings. The SMILES string of the molecule is CCN1CCC(C(=N)N)CC1. The Labute approximate surface area is 68.1 Å². The summed E-state index contributed by atoms with van der Waals surface area (Å²) in [6.45, 7) is 5.53. The van der Waals surface area contributed by atoms with Gasteiger partial charge in [-0.25, -0.2) is 0 Å². The Morgan fingerprint density at radius 2 is 2.09 bits per heavy atom. The van der Waals surface area contributed by atoms with Crippen LogP contribution in [-0.4, -0.2) is 30.4 Å². The van der Waals surface area contributed by atoms with Crippen LogP contribution in [0.4, 0.5) is 0 Å². The van der Waals surface area contributed by atoms with E-state index >= 15 is 0 Å². The highest BCUT2D eigenvalue weighted by atomic mass is 15.1. The van der Waals surface area contributed by atoms with Gasteiger partial charge in [0.15, 0.2) is 0 Å². The molecule has 0 saturated carbocycles. The first kappa shape index (κ1) is 8.53. The van der Waals surface area contributed by atoms with Crippen molar-refractivity contribution in [3.8, 4) is 0 Å². The molecule has 3 N–H and O–H groups in total. The number of nitrogens with one attached hydrogen (secondary N) is 1. The summed E-state index contributed by atoms with van der Waals surface area (Å²) in [5.41, 5.74) is 5.42. The Bertz CT molecular complexity index is 136. The smallest absolute Gasteiger partial charge is 0.0937 e. The molecular formula is C8H17N3. The third-order valence-corrected chi connectivity index (χ3v) is 2.47. The topological polar surface area (TPSA) is 53.1 Å². The van der Waals surface area contributed by atoms with Crippen molar-refractivity contribution in [2.75, 3.05) is 19.6 Å². The average Bonchev–Trinajstić information content (AvgIpc) is 2.05. The number of likely N-dealkylation sites (tertiary alicyclic amines) is 1. The number of nitrogens with zero attached hydrogens (tertiary/aromatic N) is 1. The van der Waals surface area contributed by atoms with Crippen LogP contribution in [0.3, 0.4) is 0 Å². The highest BCUT2D eigenvalue weighted by Crippen LogP contribution is 2.15. The zero-order chi connectivity index (χ0) is 8.27. The highest BCUT2D eigenvalue weighted by Gasteiger charge is 2.19. The minimum absolute atomic E-state index is 0.359. The summed E-state index contributed by atoms with van der Waals surface area (Å²) >= 11 is 0. The van der Waals surface area contributed by atoms with E-state index in [9.17, 15) is 0 Å². The zero-order valence-corrected chi connectivity index (χ0v) is 7.14. The van der Waals surface area contributed by atoms with Gasteiger partial charge in [0.05, 0.1) is 5.84 Å². The summed E-state index contributed by atoms with van der Waals surface area (Å²) in [4.78, 5) is 2.40. The molecule has 3 heteroatoms. The van der Waals surface area contributed by atoms with Gasteiger partial charge in [0.2, 0.25) is 0 Å². The van der Waals surface area contributed by atoms with Crippen molar-refractivity contribution < 1.29 is 0 Å². The van der Waals surface area contributed by atoms with E-state index in [1.165, 1.54) is 0 Å². The monoisotopic (exact) mass is 155 g/mol. The predicted octanol–water partition coefficient (Wildman–Crippen LogP) is 0.654. The molecule has 0 aromatic rings. The first-order valence-corrected chi connectivity index (χ1v) is 4.30. The molecule has 0 unspecified atom stereocenters. The van der Waals surface area contributed by atoms with Gasteiger partial charge in [0, 0.05) is 5.92 Å². The molecule has 0 atom stereocenters. The normalized spacial score (nSPS) is 21.9. The molecule has 0 aliphatic carbocycles. The number of amidine groups is 1. The van der Waals surface area contributed by atoms with E-state index in [0.717, 1.165) is 32.5 Å². The van der Waals surface area contributed by atoms with Gasteiger partial charge in [0.25, 0.3) is 0 Å². The molecule has 64 valence electrons. The Hall–Kier alpha value is -0.570. The van der Waals surface area contributed by atoms with Crippen LogP contribution in [0, 0.1) is 11.3 Å². The first-order valence-electron chi connectivity index (χ1n) is 4.30. The summed E-state index contributed by atoms with van der Waals surface area (Å²) < 4.78 is 0. The van der Waals surface area contributed by atoms with Crippen LogP contribution in [-0.2, 0) is 0 Å². The predicted molar refractivity (Wildman–Crippen MR) is 46.8 cm³/mol. The summed E-state index contributed by atoms with van der Waals surface area (Å²) in [5.74, 6) is 0.735. The molecule has 0 amide bonds. The molecule has 0 bridgehead atoms. The van der Waals surface area contributed by atoms with E-state index in [0.29, 0.717) is 11.8 Å². The fourth-order valence-electron chi connectivity index (χ4n) is 1.56.